The fraction of sp³-hybridized carbons (Fsp3) is 0.273. The average Bonchev–Trinajstić information content (AvgIpc) is 3.30. The van der Waals surface area contributed by atoms with E-state index in [1.807, 2.05) is 18.2 Å². The summed E-state index contributed by atoms with van der Waals surface area (Å²) in [6.07, 6.45) is 1.89. The lowest BCUT2D eigenvalue weighted by atomic mass is 10.2. The van der Waals surface area contributed by atoms with Crippen molar-refractivity contribution in [2.75, 3.05) is 29.9 Å². The van der Waals surface area contributed by atoms with Gasteiger partial charge in [-0.2, -0.15) is 5.26 Å². The highest BCUT2D eigenvalue weighted by atomic mass is 32.2. The van der Waals surface area contributed by atoms with Crippen LogP contribution in [0.2, 0.25) is 0 Å². The monoisotopic (exact) mass is 420 g/mol. The first kappa shape index (κ1) is 20.0. The van der Waals surface area contributed by atoms with Crippen molar-refractivity contribution in [3.63, 3.8) is 0 Å². The van der Waals surface area contributed by atoms with Crippen LogP contribution < -0.4 is 10.2 Å². The lowest BCUT2D eigenvalue weighted by Crippen LogP contribution is -2.51. The molecule has 0 radical (unpaired) electrons. The maximum absolute atomic E-state index is 13.2. The third-order valence-electron chi connectivity index (χ3n) is 5.11. The number of hydrogen-bond donors (Lipinski definition) is 1. The van der Waals surface area contributed by atoms with E-state index < -0.39 is 11.2 Å². The van der Waals surface area contributed by atoms with Gasteiger partial charge in [-0.3, -0.25) is 14.4 Å². The van der Waals surface area contributed by atoms with E-state index in [-0.39, 0.29) is 18.4 Å². The number of rotatable bonds is 4. The minimum absolute atomic E-state index is 0.191. The number of nitrogens with one attached hydrogen (secondary N) is 1. The molecule has 3 amide bonds. The summed E-state index contributed by atoms with van der Waals surface area (Å²) in [5.41, 5.74) is 1.54. The van der Waals surface area contributed by atoms with E-state index in [0.29, 0.717) is 30.0 Å². The molecule has 2 aliphatic heterocycles. The van der Waals surface area contributed by atoms with E-state index in [1.54, 1.807) is 41.3 Å². The molecule has 2 aliphatic rings. The number of likely N-dealkylation sites (tertiary alicyclic amines) is 1. The number of amides is 3. The number of carbonyl (C=O) groups excluding carboxylic acids is 3. The fourth-order valence-corrected chi connectivity index (χ4v) is 4.84. The normalized spacial score (nSPS) is 18.0. The smallest absolute Gasteiger partial charge is 0.250 e. The molecular formula is C22H20N4O3S. The molecule has 2 aromatic carbocycles. The van der Waals surface area contributed by atoms with Gasteiger partial charge in [0.25, 0.3) is 5.91 Å². The van der Waals surface area contributed by atoms with Crippen LogP contribution in [0.15, 0.2) is 53.4 Å². The van der Waals surface area contributed by atoms with Gasteiger partial charge in [0.15, 0.2) is 5.25 Å². The summed E-state index contributed by atoms with van der Waals surface area (Å²) in [5, 5.41) is 10.9. The Morgan fingerprint density at radius 2 is 1.90 bits per heavy atom. The zero-order valence-corrected chi connectivity index (χ0v) is 17.0. The molecule has 0 saturated carbocycles. The van der Waals surface area contributed by atoms with Gasteiger partial charge in [-0.15, -0.1) is 11.8 Å². The standard InChI is InChI=1S/C22H20N4O3S/c23-13-15-6-5-7-16(12-15)24-19(27)14-26-17-8-1-2-9-18(17)30-20(22(26)29)21(28)25-10-3-4-11-25/h1-2,5-9,12,20H,3-4,10-11,14H2,(H,24,27)/t20-/m1/s1. The Labute approximate surface area is 178 Å². The number of anilines is 2. The lowest BCUT2D eigenvalue weighted by molar-refractivity contribution is -0.134. The van der Waals surface area contributed by atoms with Crippen LogP contribution in [0.5, 0.6) is 0 Å². The van der Waals surface area contributed by atoms with Gasteiger partial charge in [0.2, 0.25) is 11.8 Å². The van der Waals surface area contributed by atoms with Crippen LogP contribution in [0.4, 0.5) is 11.4 Å². The number of thioether (sulfide) groups is 1. The second-order valence-corrected chi connectivity index (χ2v) is 8.31. The Balaban J connectivity index is 1.55. The lowest BCUT2D eigenvalue weighted by Gasteiger charge is -2.34. The van der Waals surface area contributed by atoms with E-state index in [4.69, 9.17) is 5.26 Å². The van der Waals surface area contributed by atoms with E-state index in [1.165, 1.54) is 16.7 Å². The van der Waals surface area contributed by atoms with E-state index in [9.17, 15) is 14.4 Å². The Morgan fingerprint density at radius 3 is 2.67 bits per heavy atom. The minimum Gasteiger partial charge on any atom is -0.341 e. The van der Waals surface area contributed by atoms with Crippen molar-refractivity contribution in [1.29, 1.82) is 5.26 Å². The largest absolute Gasteiger partial charge is 0.341 e. The first-order chi connectivity index (χ1) is 14.6. The van der Waals surface area contributed by atoms with Crippen molar-refractivity contribution in [3.05, 3.63) is 54.1 Å². The number of hydrogen-bond acceptors (Lipinski definition) is 5. The molecule has 0 aromatic heterocycles. The van der Waals surface area contributed by atoms with E-state index in [2.05, 4.69) is 5.32 Å². The van der Waals surface area contributed by atoms with Gasteiger partial charge in [-0.25, -0.2) is 0 Å². The molecule has 0 aliphatic carbocycles. The minimum atomic E-state index is -0.882. The van der Waals surface area contributed by atoms with Gasteiger partial charge in [0.1, 0.15) is 6.54 Å². The molecular weight excluding hydrogens is 400 g/mol. The number of nitrogens with zero attached hydrogens (tertiary/aromatic N) is 3. The molecule has 0 spiro atoms. The van der Waals surface area contributed by atoms with Gasteiger partial charge >= 0.3 is 0 Å². The number of fused-ring (bicyclic) bond motifs is 1. The Kier molecular flexibility index (Phi) is 5.72. The van der Waals surface area contributed by atoms with Crippen molar-refractivity contribution in [3.8, 4) is 6.07 Å². The van der Waals surface area contributed by atoms with Crippen LogP contribution in [0.1, 0.15) is 18.4 Å². The third kappa shape index (κ3) is 4.02. The number of nitriles is 1. The molecule has 1 N–H and O–H groups in total. The van der Waals surface area contributed by atoms with Gasteiger partial charge < -0.3 is 15.1 Å². The molecule has 0 bridgehead atoms. The predicted molar refractivity (Wildman–Crippen MR) is 114 cm³/mol. The topological polar surface area (TPSA) is 93.5 Å². The number of carbonyl (C=O) groups is 3. The summed E-state index contributed by atoms with van der Waals surface area (Å²) in [4.78, 5) is 42.7. The highest BCUT2D eigenvalue weighted by Gasteiger charge is 2.41. The zero-order chi connectivity index (χ0) is 21.1. The first-order valence-electron chi connectivity index (χ1n) is 9.72. The summed E-state index contributed by atoms with van der Waals surface area (Å²) in [6, 6.07) is 15.9. The van der Waals surface area contributed by atoms with Crippen molar-refractivity contribution in [2.24, 2.45) is 0 Å². The van der Waals surface area contributed by atoms with Gasteiger partial charge in [0, 0.05) is 23.7 Å². The fourth-order valence-electron chi connectivity index (χ4n) is 3.65. The molecule has 1 atom stereocenters. The molecule has 152 valence electrons. The highest BCUT2D eigenvalue weighted by molar-refractivity contribution is 8.01. The molecule has 2 aromatic rings. The molecule has 0 unspecified atom stereocenters. The maximum Gasteiger partial charge on any atom is 0.250 e. The molecule has 2 heterocycles. The summed E-state index contributed by atoms with van der Waals surface area (Å²) in [5.74, 6) is -0.965. The Morgan fingerprint density at radius 1 is 1.13 bits per heavy atom. The predicted octanol–water partition coefficient (Wildman–Crippen LogP) is 2.63. The Bertz CT molecular complexity index is 1040. The second-order valence-electron chi connectivity index (χ2n) is 7.16. The maximum atomic E-state index is 13.2. The van der Waals surface area contributed by atoms with Gasteiger partial charge in [-0.05, 0) is 43.2 Å². The summed E-state index contributed by atoms with van der Waals surface area (Å²) in [6.45, 7) is 1.12. The SMILES string of the molecule is N#Cc1cccc(NC(=O)CN2C(=O)[C@@H](C(=O)N3CCCC3)Sc3ccccc32)c1. The quantitative estimate of drug-likeness (QED) is 0.768. The van der Waals surface area contributed by atoms with Crippen molar-refractivity contribution >= 4 is 40.9 Å². The van der Waals surface area contributed by atoms with Crippen LogP contribution in [0.25, 0.3) is 0 Å². The summed E-state index contributed by atoms with van der Waals surface area (Å²) in [7, 11) is 0. The van der Waals surface area contributed by atoms with E-state index >= 15 is 0 Å². The Hall–Kier alpha value is -3.31. The van der Waals surface area contributed by atoms with Gasteiger partial charge in [-0.1, -0.05) is 18.2 Å². The highest BCUT2D eigenvalue weighted by Crippen LogP contribution is 2.40. The van der Waals surface area contributed by atoms with Crippen molar-refractivity contribution < 1.29 is 14.4 Å². The third-order valence-corrected chi connectivity index (χ3v) is 6.35. The van der Waals surface area contributed by atoms with Crippen LogP contribution in [0, 0.1) is 11.3 Å². The molecule has 8 heteroatoms. The molecule has 4 rings (SSSR count). The molecule has 7 nitrogen and oxygen atoms in total. The van der Waals surface area contributed by atoms with E-state index in [0.717, 1.165) is 17.7 Å². The molecule has 1 saturated heterocycles. The van der Waals surface area contributed by atoms with Crippen LogP contribution >= 0.6 is 11.8 Å². The molecule has 30 heavy (non-hydrogen) atoms. The van der Waals surface area contributed by atoms with Crippen molar-refractivity contribution in [2.45, 2.75) is 23.0 Å². The van der Waals surface area contributed by atoms with Crippen LogP contribution in [-0.4, -0.2) is 47.5 Å². The summed E-state index contributed by atoms with van der Waals surface area (Å²) < 4.78 is 0. The van der Waals surface area contributed by atoms with Crippen molar-refractivity contribution in [1.82, 2.24) is 4.90 Å². The zero-order valence-electron chi connectivity index (χ0n) is 16.2. The summed E-state index contributed by atoms with van der Waals surface area (Å²) >= 11 is 1.25. The van der Waals surface area contributed by atoms with Gasteiger partial charge in [0.05, 0.1) is 17.3 Å². The first-order valence-corrected chi connectivity index (χ1v) is 10.6. The number of benzene rings is 2. The van der Waals surface area contributed by atoms with Crippen LogP contribution in [0.3, 0.4) is 0 Å². The average molecular weight is 420 g/mol. The second kappa shape index (κ2) is 8.59. The van der Waals surface area contributed by atoms with Crippen LogP contribution in [-0.2, 0) is 14.4 Å². The molecule has 1 fully saturated rings. The number of para-hydroxylation sites is 1.